The van der Waals surface area contributed by atoms with Crippen LogP contribution in [0.25, 0.3) is 0 Å². The van der Waals surface area contributed by atoms with Crippen molar-refractivity contribution in [3.05, 3.63) is 23.2 Å². The predicted octanol–water partition coefficient (Wildman–Crippen LogP) is 2.55. The third-order valence-corrected chi connectivity index (χ3v) is 2.36. The number of benzene rings is 1. The van der Waals surface area contributed by atoms with Gasteiger partial charge < -0.3 is 15.6 Å². The van der Waals surface area contributed by atoms with E-state index in [0.717, 1.165) is 6.42 Å². The maximum Gasteiger partial charge on any atom is 0.344 e. The molecule has 16 heavy (non-hydrogen) atoms. The zero-order valence-corrected chi connectivity index (χ0v) is 9.70. The van der Waals surface area contributed by atoms with E-state index in [4.69, 9.17) is 27.2 Å². The Labute approximate surface area is 99.0 Å². The number of nitrogen functional groups attached to an aromatic ring is 1. The smallest absolute Gasteiger partial charge is 0.344 e. The van der Waals surface area contributed by atoms with Gasteiger partial charge in [-0.1, -0.05) is 24.9 Å². The van der Waals surface area contributed by atoms with E-state index in [1.54, 1.807) is 12.1 Å². The van der Waals surface area contributed by atoms with E-state index in [9.17, 15) is 4.79 Å². The Morgan fingerprint density at radius 2 is 2.31 bits per heavy atom. The van der Waals surface area contributed by atoms with Crippen LogP contribution in [0.1, 0.15) is 19.8 Å². The Bertz CT molecular complexity index is 381. The van der Waals surface area contributed by atoms with Crippen molar-refractivity contribution in [3.8, 4) is 5.75 Å². The number of carboxylic acids is 1. The van der Waals surface area contributed by atoms with E-state index in [2.05, 4.69) is 0 Å². The molecule has 4 nitrogen and oxygen atoms in total. The van der Waals surface area contributed by atoms with Gasteiger partial charge in [0.25, 0.3) is 0 Å². The Hall–Kier alpha value is -1.42. The summed E-state index contributed by atoms with van der Waals surface area (Å²) in [6.45, 7) is 1.89. The predicted molar refractivity (Wildman–Crippen MR) is 62.8 cm³/mol. The number of halogens is 1. The summed E-state index contributed by atoms with van der Waals surface area (Å²) in [5, 5.41) is 9.28. The quantitative estimate of drug-likeness (QED) is 0.780. The summed E-state index contributed by atoms with van der Waals surface area (Å²) in [4.78, 5) is 10.9. The van der Waals surface area contributed by atoms with Gasteiger partial charge in [-0.05, 0) is 18.6 Å². The molecule has 0 aliphatic carbocycles. The largest absolute Gasteiger partial charge is 0.479 e. The van der Waals surface area contributed by atoms with Crippen LogP contribution in [0.3, 0.4) is 0 Å². The second kappa shape index (κ2) is 5.61. The molecule has 0 amide bonds. The summed E-state index contributed by atoms with van der Waals surface area (Å²) in [5.74, 6) is -0.692. The molecule has 0 saturated carbocycles. The summed E-state index contributed by atoms with van der Waals surface area (Å²) in [6, 6.07) is 4.73. The van der Waals surface area contributed by atoms with E-state index in [1.165, 1.54) is 6.07 Å². The second-order valence-electron chi connectivity index (χ2n) is 3.42. The van der Waals surface area contributed by atoms with Gasteiger partial charge >= 0.3 is 5.97 Å². The van der Waals surface area contributed by atoms with Crippen LogP contribution in [0.2, 0.25) is 5.02 Å². The molecule has 0 aliphatic rings. The molecule has 1 unspecified atom stereocenters. The van der Waals surface area contributed by atoms with E-state index in [-0.39, 0.29) is 0 Å². The fourth-order valence-corrected chi connectivity index (χ4v) is 1.42. The fraction of sp³-hybridized carbons (Fsp3) is 0.364. The van der Waals surface area contributed by atoms with Crippen molar-refractivity contribution < 1.29 is 14.6 Å². The molecule has 1 rings (SSSR count). The van der Waals surface area contributed by atoms with Crippen molar-refractivity contribution in [1.82, 2.24) is 0 Å². The molecule has 0 saturated heterocycles. The van der Waals surface area contributed by atoms with Gasteiger partial charge in [0.05, 0.1) is 5.02 Å². The Kier molecular flexibility index (Phi) is 4.43. The van der Waals surface area contributed by atoms with Crippen LogP contribution in [-0.2, 0) is 4.79 Å². The SMILES string of the molecule is CCCC(Oc1cc(N)ccc1Cl)C(=O)O. The summed E-state index contributed by atoms with van der Waals surface area (Å²) in [7, 11) is 0. The zero-order valence-electron chi connectivity index (χ0n) is 8.94. The van der Waals surface area contributed by atoms with Crippen LogP contribution in [0.15, 0.2) is 18.2 Å². The van der Waals surface area contributed by atoms with Gasteiger partial charge in [0.2, 0.25) is 0 Å². The lowest BCUT2D eigenvalue weighted by Crippen LogP contribution is -2.26. The first-order valence-corrected chi connectivity index (χ1v) is 5.37. The molecule has 88 valence electrons. The molecule has 5 heteroatoms. The molecule has 0 bridgehead atoms. The molecule has 0 aromatic heterocycles. The summed E-state index contributed by atoms with van der Waals surface area (Å²) in [6.07, 6.45) is 0.265. The number of carbonyl (C=O) groups is 1. The van der Waals surface area contributed by atoms with Gasteiger partial charge in [-0.2, -0.15) is 0 Å². The van der Waals surface area contributed by atoms with Crippen molar-refractivity contribution in [2.75, 3.05) is 5.73 Å². The number of anilines is 1. The van der Waals surface area contributed by atoms with Crippen molar-refractivity contribution >= 4 is 23.3 Å². The first-order valence-electron chi connectivity index (χ1n) is 4.99. The Morgan fingerprint density at radius 3 is 2.88 bits per heavy atom. The molecule has 1 atom stereocenters. The van der Waals surface area contributed by atoms with Crippen LogP contribution in [-0.4, -0.2) is 17.2 Å². The highest BCUT2D eigenvalue weighted by Crippen LogP contribution is 2.28. The summed E-state index contributed by atoms with van der Waals surface area (Å²) in [5.41, 5.74) is 6.05. The molecule has 1 aromatic carbocycles. The monoisotopic (exact) mass is 243 g/mol. The normalized spacial score (nSPS) is 12.1. The average Bonchev–Trinajstić information content (AvgIpc) is 2.22. The number of hydrogen-bond acceptors (Lipinski definition) is 3. The number of carboxylic acid groups (broad SMARTS) is 1. The standard InChI is InChI=1S/C11H14ClNO3/c1-2-3-9(11(14)15)16-10-6-7(13)4-5-8(10)12/h4-6,9H,2-3,13H2,1H3,(H,14,15). The maximum atomic E-state index is 10.9. The van der Waals surface area contributed by atoms with Crippen LogP contribution < -0.4 is 10.5 Å². The third kappa shape index (κ3) is 3.31. The lowest BCUT2D eigenvalue weighted by Gasteiger charge is -2.15. The summed E-state index contributed by atoms with van der Waals surface area (Å²) >= 11 is 5.87. The first-order chi connectivity index (χ1) is 7.54. The van der Waals surface area contributed by atoms with E-state index in [1.807, 2.05) is 6.92 Å². The molecular weight excluding hydrogens is 230 g/mol. The zero-order chi connectivity index (χ0) is 12.1. The fourth-order valence-electron chi connectivity index (χ4n) is 1.26. The van der Waals surface area contributed by atoms with Crippen molar-refractivity contribution in [3.63, 3.8) is 0 Å². The van der Waals surface area contributed by atoms with Crippen molar-refractivity contribution in [2.45, 2.75) is 25.9 Å². The molecule has 0 radical (unpaired) electrons. The van der Waals surface area contributed by atoms with Gasteiger partial charge in [0.15, 0.2) is 6.10 Å². The molecule has 0 aliphatic heterocycles. The van der Waals surface area contributed by atoms with Crippen LogP contribution >= 0.6 is 11.6 Å². The third-order valence-electron chi connectivity index (χ3n) is 2.05. The van der Waals surface area contributed by atoms with Gasteiger partial charge in [-0.25, -0.2) is 4.79 Å². The molecule has 0 fully saturated rings. The number of rotatable bonds is 5. The minimum atomic E-state index is -1.000. The highest BCUT2D eigenvalue weighted by molar-refractivity contribution is 6.32. The highest BCUT2D eigenvalue weighted by atomic mass is 35.5. The van der Waals surface area contributed by atoms with Gasteiger partial charge in [0.1, 0.15) is 5.75 Å². The lowest BCUT2D eigenvalue weighted by molar-refractivity contribution is -0.145. The topological polar surface area (TPSA) is 72.5 Å². The van der Waals surface area contributed by atoms with Crippen molar-refractivity contribution in [1.29, 1.82) is 0 Å². The minimum absolute atomic E-state index is 0.308. The molecule has 1 aromatic rings. The Morgan fingerprint density at radius 1 is 1.62 bits per heavy atom. The molecule has 0 heterocycles. The van der Waals surface area contributed by atoms with Gasteiger partial charge in [-0.3, -0.25) is 0 Å². The molecular formula is C11H14ClNO3. The molecule has 3 N–H and O–H groups in total. The highest BCUT2D eigenvalue weighted by Gasteiger charge is 2.19. The van der Waals surface area contributed by atoms with Crippen LogP contribution in [0, 0.1) is 0 Å². The van der Waals surface area contributed by atoms with Crippen molar-refractivity contribution in [2.24, 2.45) is 0 Å². The first kappa shape index (κ1) is 12.6. The number of nitrogens with two attached hydrogens (primary N) is 1. The van der Waals surface area contributed by atoms with Gasteiger partial charge in [-0.15, -0.1) is 0 Å². The van der Waals surface area contributed by atoms with E-state index >= 15 is 0 Å². The van der Waals surface area contributed by atoms with Crippen LogP contribution in [0.4, 0.5) is 5.69 Å². The average molecular weight is 244 g/mol. The van der Waals surface area contributed by atoms with E-state index < -0.39 is 12.1 Å². The maximum absolute atomic E-state index is 10.9. The molecule has 0 spiro atoms. The minimum Gasteiger partial charge on any atom is -0.479 e. The van der Waals surface area contributed by atoms with Gasteiger partial charge in [0, 0.05) is 11.8 Å². The summed E-state index contributed by atoms with van der Waals surface area (Å²) < 4.78 is 5.32. The number of ether oxygens (including phenoxy) is 1. The van der Waals surface area contributed by atoms with Crippen LogP contribution in [0.5, 0.6) is 5.75 Å². The number of hydrogen-bond donors (Lipinski definition) is 2. The second-order valence-corrected chi connectivity index (χ2v) is 3.83. The Balaban J connectivity index is 2.84. The van der Waals surface area contributed by atoms with E-state index in [0.29, 0.717) is 22.9 Å². The number of aliphatic carboxylic acids is 1. The lowest BCUT2D eigenvalue weighted by atomic mass is 10.2.